The van der Waals surface area contributed by atoms with Crippen LogP contribution in [-0.2, 0) is 11.3 Å². The lowest BCUT2D eigenvalue weighted by atomic mass is 10.1. The van der Waals surface area contributed by atoms with Gasteiger partial charge in [0, 0.05) is 37.8 Å². The predicted molar refractivity (Wildman–Crippen MR) is 106 cm³/mol. The van der Waals surface area contributed by atoms with E-state index >= 15 is 0 Å². The Kier molecular flexibility index (Phi) is 5.85. The molecule has 3 rings (SSSR count). The Labute approximate surface area is 158 Å². The van der Waals surface area contributed by atoms with E-state index in [1.807, 2.05) is 66.6 Å². The third-order valence-electron chi connectivity index (χ3n) is 4.21. The van der Waals surface area contributed by atoms with Crippen LogP contribution in [0.4, 0.5) is 0 Å². The zero-order valence-corrected chi connectivity index (χ0v) is 15.9. The SMILES string of the molecule is CC(N)CCC(=O)N(C)Cc1cn(-c2ccccc2)nc1-c1cccs1. The van der Waals surface area contributed by atoms with Gasteiger partial charge < -0.3 is 10.6 Å². The zero-order valence-electron chi connectivity index (χ0n) is 15.1. The lowest BCUT2D eigenvalue weighted by Crippen LogP contribution is -2.28. The molecule has 2 N–H and O–H groups in total. The average molecular weight is 369 g/mol. The van der Waals surface area contributed by atoms with E-state index in [2.05, 4.69) is 6.07 Å². The fourth-order valence-electron chi connectivity index (χ4n) is 2.74. The summed E-state index contributed by atoms with van der Waals surface area (Å²) in [5.41, 5.74) is 8.73. The van der Waals surface area contributed by atoms with E-state index in [1.165, 1.54) is 0 Å². The Morgan fingerprint density at radius 1 is 1.27 bits per heavy atom. The topological polar surface area (TPSA) is 64.2 Å². The molecule has 26 heavy (non-hydrogen) atoms. The monoisotopic (exact) mass is 368 g/mol. The van der Waals surface area contributed by atoms with Crippen LogP contribution in [0.15, 0.2) is 54.0 Å². The van der Waals surface area contributed by atoms with Gasteiger partial charge in [-0.15, -0.1) is 11.3 Å². The fourth-order valence-corrected chi connectivity index (χ4v) is 3.49. The minimum Gasteiger partial charge on any atom is -0.341 e. The van der Waals surface area contributed by atoms with Crippen LogP contribution in [0.2, 0.25) is 0 Å². The largest absolute Gasteiger partial charge is 0.341 e. The maximum absolute atomic E-state index is 12.4. The van der Waals surface area contributed by atoms with Gasteiger partial charge >= 0.3 is 0 Å². The standard InChI is InChI=1S/C20H24N4OS/c1-15(21)10-11-19(25)23(2)13-16-14-24(17-7-4-3-5-8-17)22-20(16)18-9-6-12-26-18/h3-9,12,14-15H,10-11,13,21H2,1-2H3. The lowest BCUT2D eigenvalue weighted by Gasteiger charge is -2.17. The van der Waals surface area contributed by atoms with Crippen LogP contribution in [0.3, 0.4) is 0 Å². The van der Waals surface area contributed by atoms with Crippen molar-refractivity contribution in [2.45, 2.75) is 32.4 Å². The van der Waals surface area contributed by atoms with Crippen molar-refractivity contribution >= 4 is 17.2 Å². The van der Waals surface area contributed by atoms with Crippen molar-refractivity contribution < 1.29 is 4.79 Å². The van der Waals surface area contributed by atoms with Crippen molar-refractivity contribution in [1.82, 2.24) is 14.7 Å². The van der Waals surface area contributed by atoms with Crippen molar-refractivity contribution in [3.63, 3.8) is 0 Å². The summed E-state index contributed by atoms with van der Waals surface area (Å²) in [6.45, 7) is 2.45. The molecule has 0 aliphatic rings. The average Bonchev–Trinajstić information content (AvgIpc) is 3.29. The normalized spacial score (nSPS) is 12.1. The van der Waals surface area contributed by atoms with E-state index in [0.717, 1.165) is 21.8 Å². The Bertz CT molecular complexity index is 840. The van der Waals surface area contributed by atoms with Crippen molar-refractivity contribution in [2.75, 3.05) is 7.05 Å². The van der Waals surface area contributed by atoms with E-state index in [4.69, 9.17) is 10.8 Å². The summed E-state index contributed by atoms with van der Waals surface area (Å²) in [5, 5.41) is 6.82. The minimum absolute atomic E-state index is 0.0369. The third kappa shape index (κ3) is 4.39. The van der Waals surface area contributed by atoms with Gasteiger partial charge in [-0.2, -0.15) is 5.10 Å². The molecule has 0 radical (unpaired) electrons. The number of para-hydroxylation sites is 1. The first-order valence-electron chi connectivity index (χ1n) is 8.72. The number of benzene rings is 1. The summed E-state index contributed by atoms with van der Waals surface area (Å²) in [6.07, 6.45) is 3.18. The number of aromatic nitrogens is 2. The number of nitrogens with zero attached hydrogens (tertiary/aromatic N) is 3. The molecule has 5 nitrogen and oxygen atoms in total. The van der Waals surface area contributed by atoms with Gasteiger partial charge in [-0.1, -0.05) is 24.3 Å². The maximum Gasteiger partial charge on any atom is 0.222 e. The van der Waals surface area contributed by atoms with Crippen LogP contribution in [-0.4, -0.2) is 33.7 Å². The first kappa shape index (κ1) is 18.4. The van der Waals surface area contributed by atoms with Gasteiger partial charge in [0.15, 0.2) is 0 Å². The van der Waals surface area contributed by atoms with Crippen molar-refractivity contribution in [2.24, 2.45) is 5.73 Å². The van der Waals surface area contributed by atoms with E-state index in [0.29, 0.717) is 19.4 Å². The van der Waals surface area contributed by atoms with Gasteiger partial charge in [-0.3, -0.25) is 4.79 Å². The smallest absolute Gasteiger partial charge is 0.222 e. The first-order valence-corrected chi connectivity index (χ1v) is 9.60. The summed E-state index contributed by atoms with van der Waals surface area (Å²) in [6, 6.07) is 14.1. The second-order valence-corrected chi connectivity index (χ2v) is 7.47. The summed E-state index contributed by atoms with van der Waals surface area (Å²) in [5.74, 6) is 0.104. The number of nitrogens with two attached hydrogens (primary N) is 1. The summed E-state index contributed by atoms with van der Waals surface area (Å²) in [4.78, 5) is 15.2. The molecule has 1 aromatic carbocycles. The number of hydrogen-bond acceptors (Lipinski definition) is 4. The summed E-state index contributed by atoms with van der Waals surface area (Å²) >= 11 is 1.65. The number of amides is 1. The molecule has 136 valence electrons. The third-order valence-corrected chi connectivity index (χ3v) is 5.09. The Morgan fingerprint density at radius 2 is 2.04 bits per heavy atom. The Hall–Kier alpha value is -2.44. The van der Waals surface area contributed by atoms with E-state index in [9.17, 15) is 4.79 Å². The van der Waals surface area contributed by atoms with Gasteiger partial charge in [0.2, 0.25) is 5.91 Å². The second-order valence-electron chi connectivity index (χ2n) is 6.53. The molecule has 1 amide bonds. The van der Waals surface area contributed by atoms with E-state index in [-0.39, 0.29) is 11.9 Å². The van der Waals surface area contributed by atoms with Gasteiger partial charge in [0.05, 0.1) is 10.6 Å². The molecular weight excluding hydrogens is 344 g/mol. The van der Waals surface area contributed by atoms with Crippen LogP contribution < -0.4 is 5.73 Å². The van der Waals surface area contributed by atoms with Gasteiger partial charge in [-0.25, -0.2) is 4.68 Å². The highest BCUT2D eigenvalue weighted by Crippen LogP contribution is 2.28. The van der Waals surface area contributed by atoms with Crippen LogP contribution >= 0.6 is 11.3 Å². The fraction of sp³-hybridized carbons (Fsp3) is 0.300. The lowest BCUT2D eigenvalue weighted by molar-refractivity contribution is -0.130. The number of hydrogen-bond donors (Lipinski definition) is 1. The van der Waals surface area contributed by atoms with Crippen molar-refractivity contribution in [3.8, 4) is 16.3 Å². The van der Waals surface area contributed by atoms with Crippen LogP contribution in [0.5, 0.6) is 0 Å². The first-order chi connectivity index (χ1) is 12.5. The molecule has 0 aliphatic carbocycles. The minimum atomic E-state index is 0.0369. The molecule has 6 heteroatoms. The van der Waals surface area contributed by atoms with Crippen LogP contribution in [0.25, 0.3) is 16.3 Å². The number of thiophene rings is 1. The highest BCUT2D eigenvalue weighted by Gasteiger charge is 2.17. The van der Waals surface area contributed by atoms with Crippen LogP contribution in [0.1, 0.15) is 25.3 Å². The second kappa shape index (κ2) is 8.29. The highest BCUT2D eigenvalue weighted by molar-refractivity contribution is 7.13. The maximum atomic E-state index is 12.4. The molecule has 0 aliphatic heterocycles. The number of rotatable bonds is 7. The molecule has 0 spiro atoms. The molecule has 0 saturated carbocycles. The van der Waals surface area contributed by atoms with Crippen molar-refractivity contribution in [1.29, 1.82) is 0 Å². The highest BCUT2D eigenvalue weighted by atomic mass is 32.1. The predicted octanol–water partition coefficient (Wildman–Crippen LogP) is 3.69. The Balaban J connectivity index is 1.85. The Morgan fingerprint density at radius 3 is 2.69 bits per heavy atom. The number of carbonyl (C=O) groups is 1. The molecule has 2 aromatic heterocycles. The molecule has 1 atom stereocenters. The molecule has 2 heterocycles. The zero-order chi connectivity index (χ0) is 18.5. The van der Waals surface area contributed by atoms with E-state index in [1.54, 1.807) is 16.2 Å². The summed E-state index contributed by atoms with van der Waals surface area (Å²) < 4.78 is 1.88. The van der Waals surface area contributed by atoms with Gasteiger partial charge in [-0.05, 0) is 36.9 Å². The summed E-state index contributed by atoms with van der Waals surface area (Å²) in [7, 11) is 1.83. The van der Waals surface area contributed by atoms with Crippen LogP contribution in [0, 0.1) is 0 Å². The van der Waals surface area contributed by atoms with Crippen molar-refractivity contribution in [3.05, 3.63) is 59.6 Å². The molecule has 0 fully saturated rings. The quantitative estimate of drug-likeness (QED) is 0.692. The molecule has 1 unspecified atom stereocenters. The number of carbonyl (C=O) groups excluding carboxylic acids is 1. The van der Waals surface area contributed by atoms with Gasteiger partial charge in [0.1, 0.15) is 5.69 Å². The van der Waals surface area contributed by atoms with Gasteiger partial charge in [0.25, 0.3) is 0 Å². The molecule has 3 aromatic rings. The molecule has 0 bridgehead atoms. The van der Waals surface area contributed by atoms with E-state index < -0.39 is 0 Å². The molecule has 0 saturated heterocycles. The molecular formula is C20H24N4OS.